The Morgan fingerprint density at radius 2 is 1.77 bits per heavy atom. The lowest BCUT2D eigenvalue weighted by Crippen LogP contribution is -2.33. The van der Waals surface area contributed by atoms with Gasteiger partial charge in [0, 0.05) is 29.7 Å². The van der Waals surface area contributed by atoms with Crippen molar-refractivity contribution in [2.24, 2.45) is 0 Å². The van der Waals surface area contributed by atoms with Crippen LogP contribution in [-0.4, -0.2) is 25.4 Å². The van der Waals surface area contributed by atoms with E-state index in [1.165, 1.54) is 12.1 Å². The quantitative estimate of drug-likeness (QED) is 0.291. The molecule has 1 unspecified atom stereocenters. The Hall–Kier alpha value is -3.78. The van der Waals surface area contributed by atoms with Gasteiger partial charge in [-0.05, 0) is 55.0 Å². The molecule has 3 aromatic rings. The Labute approximate surface area is 178 Å². The van der Waals surface area contributed by atoms with Crippen LogP contribution in [-0.2, 0) is 4.79 Å². The molecule has 0 spiro atoms. The van der Waals surface area contributed by atoms with Crippen LogP contribution in [0.4, 0.5) is 5.69 Å². The first kappa shape index (κ1) is 19.5. The monoisotopic (exact) mass is 418 g/mol. The number of hydrogen-bond donors (Lipinski definition) is 1. The standard InChI is InChI=1S/C22H18N4O3S/c1-15(16-6-3-2-4-7-16)25-21(27)20(23-22(25)30)14-19-8-5-13-24(19)17-9-11-18(12-10-17)26(28)29/h2-15H,1H3,(H,23,30)/b20-14-. The average molecular weight is 418 g/mol. The molecule has 1 aromatic heterocycles. The molecule has 1 saturated heterocycles. The Balaban J connectivity index is 1.62. The van der Waals surface area contributed by atoms with Crippen molar-refractivity contribution in [3.05, 3.63) is 100.0 Å². The number of carbonyl (C=O) groups is 1. The SMILES string of the molecule is CC(c1ccccc1)N1C(=O)/C(=C/c2cccn2-c2ccc([N+](=O)[O-])cc2)NC1=S. The maximum atomic E-state index is 13.0. The maximum Gasteiger partial charge on any atom is 0.277 e. The highest BCUT2D eigenvalue weighted by Gasteiger charge is 2.34. The first-order valence-electron chi connectivity index (χ1n) is 9.29. The summed E-state index contributed by atoms with van der Waals surface area (Å²) in [6.45, 7) is 1.93. The van der Waals surface area contributed by atoms with Gasteiger partial charge in [-0.15, -0.1) is 0 Å². The third-order valence-electron chi connectivity index (χ3n) is 4.99. The number of nitrogens with zero attached hydrogens (tertiary/aromatic N) is 3. The molecule has 8 heteroatoms. The summed E-state index contributed by atoms with van der Waals surface area (Å²) >= 11 is 5.41. The van der Waals surface area contributed by atoms with Gasteiger partial charge in [0.2, 0.25) is 0 Å². The Morgan fingerprint density at radius 1 is 1.07 bits per heavy atom. The number of thiocarbonyl (C=S) groups is 1. The maximum absolute atomic E-state index is 13.0. The molecule has 1 N–H and O–H groups in total. The van der Waals surface area contributed by atoms with Crippen LogP contribution in [0.3, 0.4) is 0 Å². The largest absolute Gasteiger partial charge is 0.328 e. The highest BCUT2D eigenvalue weighted by atomic mass is 32.1. The van der Waals surface area contributed by atoms with Crippen molar-refractivity contribution < 1.29 is 9.72 Å². The van der Waals surface area contributed by atoms with Gasteiger partial charge in [0.05, 0.1) is 11.0 Å². The van der Waals surface area contributed by atoms with E-state index in [2.05, 4.69) is 5.32 Å². The minimum absolute atomic E-state index is 0.0225. The van der Waals surface area contributed by atoms with E-state index in [-0.39, 0.29) is 17.6 Å². The van der Waals surface area contributed by atoms with Crippen molar-refractivity contribution >= 4 is 35.0 Å². The van der Waals surface area contributed by atoms with Gasteiger partial charge in [-0.3, -0.25) is 19.8 Å². The molecule has 1 amide bonds. The molecule has 0 radical (unpaired) electrons. The second-order valence-corrected chi connectivity index (χ2v) is 7.21. The van der Waals surface area contributed by atoms with Crippen molar-refractivity contribution in [2.45, 2.75) is 13.0 Å². The van der Waals surface area contributed by atoms with Crippen LogP contribution in [0.5, 0.6) is 0 Å². The minimum Gasteiger partial charge on any atom is -0.328 e. The number of rotatable bonds is 5. The van der Waals surface area contributed by atoms with E-state index in [9.17, 15) is 14.9 Å². The van der Waals surface area contributed by atoms with Crippen molar-refractivity contribution in [1.82, 2.24) is 14.8 Å². The van der Waals surface area contributed by atoms with Gasteiger partial charge in [0.15, 0.2) is 5.11 Å². The molecule has 1 fully saturated rings. The molecule has 2 heterocycles. The number of nitro benzene ring substituents is 1. The van der Waals surface area contributed by atoms with Crippen LogP contribution in [0.2, 0.25) is 0 Å². The summed E-state index contributed by atoms with van der Waals surface area (Å²) in [6, 6.07) is 19.4. The number of benzene rings is 2. The van der Waals surface area contributed by atoms with Crippen LogP contribution in [0.25, 0.3) is 11.8 Å². The zero-order valence-corrected chi connectivity index (χ0v) is 16.9. The number of nitro groups is 1. The van der Waals surface area contributed by atoms with Gasteiger partial charge in [0.1, 0.15) is 5.70 Å². The third-order valence-corrected chi connectivity index (χ3v) is 5.29. The van der Waals surface area contributed by atoms with Crippen LogP contribution in [0.1, 0.15) is 24.2 Å². The summed E-state index contributed by atoms with van der Waals surface area (Å²) in [6.07, 6.45) is 3.56. The van der Waals surface area contributed by atoms with Crippen molar-refractivity contribution in [2.75, 3.05) is 0 Å². The lowest BCUT2D eigenvalue weighted by molar-refractivity contribution is -0.384. The van der Waals surface area contributed by atoms with E-state index < -0.39 is 4.92 Å². The molecule has 0 bridgehead atoms. The van der Waals surface area contributed by atoms with Gasteiger partial charge in [-0.25, -0.2) is 0 Å². The fourth-order valence-corrected chi connectivity index (χ4v) is 3.76. The van der Waals surface area contributed by atoms with Gasteiger partial charge < -0.3 is 9.88 Å². The molecule has 2 aromatic carbocycles. The third kappa shape index (κ3) is 3.60. The topological polar surface area (TPSA) is 80.4 Å². The van der Waals surface area contributed by atoms with Crippen molar-refractivity contribution in [3.63, 3.8) is 0 Å². The lowest BCUT2D eigenvalue weighted by atomic mass is 10.1. The number of amides is 1. The van der Waals surface area contributed by atoms with E-state index in [4.69, 9.17) is 12.2 Å². The zero-order valence-electron chi connectivity index (χ0n) is 16.1. The second kappa shape index (κ2) is 7.92. The molecule has 1 aliphatic rings. The number of non-ortho nitro benzene ring substituents is 1. The average Bonchev–Trinajstić information content (AvgIpc) is 3.32. The van der Waals surface area contributed by atoms with E-state index >= 15 is 0 Å². The Kier molecular flexibility index (Phi) is 5.16. The van der Waals surface area contributed by atoms with Gasteiger partial charge in [0.25, 0.3) is 11.6 Å². The molecule has 1 aliphatic heterocycles. The normalized spacial score (nSPS) is 16.0. The highest BCUT2D eigenvalue weighted by Crippen LogP contribution is 2.27. The number of aromatic nitrogens is 1. The van der Waals surface area contributed by atoms with Gasteiger partial charge in [-0.2, -0.15) is 0 Å². The highest BCUT2D eigenvalue weighted by molar-refractivity contribution is 7.80. The first-order valence-corrected chi connectivity index (χ1v) is 9.70. The summed E-state index contributed by atoms with van der Waals surface area (Å²) < 4.78 is 1.85. The molecule has 30 heavy (non-hydrogen) atoms. The van der Waals surface area contributed by atoms with Crippen molar-refractivity contribution in [3.8, 4) is 5.69 Å². The van der Waals surface area contributed by atoms with Crippen LogP contribution >= 0.6 is 12.2 Å². The molecular weight excluding hydrogens is 400 g/mol. The molecule has 150 valence electrons. The fourth-order valence-electron chi connectivity index (χ4n) is 3.41. The summed E-state index contributed by atoms with van der Waals surface area (Å²) in [5.74, 6) is -0.201. The van der Waals surface area contributed by atoms with Crippen LogP contribution in [0, 0.1) is 10.1 Å². The van der Waals surface area contributed by atoms with E-state index in [0.717, 1.165) is 16.9 Å². The van der Waals surface area contributed by atoms with Gasteiger partial charge >= 0.3 is 0 Å². The Morgan fingerprint density at radius 3 is 2.43 bits per heavy atom. The number of hydrogen-bond acceptors (Lipinski definition) is 4. The zero-order chi connectivity index (χ0) is 21.3. The molecule has 1 atom stereocenters. The summed E-state index contributed by atoms with van der Waals surface area (Å²) in [5, 5.41) is 14.2. The second-order valence-electron chi connectivity index (χ2n) is 6.83. The van der Waals surface area contributed by atoms with Crippen LogP contribution in [0.15, 0.2) is 78.6 Å². The number of nitrogens with one attached hydrogen (secondary N) is 1. The smallest absolute Gasteiger partial charge is 0.277 e. The summed E-state index contributed by atoms with van der Waals surface area (Å²) in [5.41, 5.74) is 2.89. The van der Waals surface area contributed by atoms with Crippen molar-refractivity contribution in [1.29, 1.82) is 0 Å². The van der Waals surface area contributed by atoms with Gasteiger partial charge in [-0.1, -0.05) is 30.3 Å². The van der Waals surface area contributed by atoms with E-state index in [1.807, 2.05) is 60.2 Å². The van der Waals surface area contributed by atoms with Crippen LogP contribution < -0.4 is 5.32 Å². The number of carbonyl (C=O) groups excluding carboxylic acids is 1. The van der Waals surface area contributed by atoms with E-state index in [0.29, 0.717) is 10.8 Å². The molecule has 7 nitrogen and oxygen atoms in total. The minimum atomic E-state index is -0.438. The fraction of sp³-hybridized carbons (Fsp3) is 0.0909. The first-order chi connectivity index (χ1) is 14.5. The lowest BCUT2D eigenvalue weighted by Gasteiger charge is -2.23. The predicted octanol–water partition coefficient (Wildman–Crippen LogP) is 4.20. The Bertz CT molecular complexity index is 1150. The molecule has 4 rings (SSSR count). The summed E-state index contributed by atoms with van der Waals surface area (Å²) in [4.78, 5) is 25.1. The summed E-state index contributed by atoms with van der Waals surface area (Å²) in [7, 11) is 0. The molecule has 0 saturated carbocycles. The molecule has 0 aliphatic carbocycles. The predicted molar refractivity (Wildman–Crippen MR) is 118 cm³/mol. The molecular formula is C22H18N4O3S. The van der Waals surface area contributed by atoms with E-state index in [1.54, 1.807) is 23.1 Å².